The van der Waals surface area contributed by atoms with Gasteiger partial charge in [0.05, 0.1) is 18.8 Å². The van der Waals surface area contributed by atoms with Crippen LogP contribution in [-0.2, 0) is 6.54 Å². The highest BCUT2D eigenvalue weighted by Crippen LogP contribution is 2.28. The van der Waals surface area contributed by atoms with Gasteiger partial charge in [0.2, 0.25) is 5.88 Å². The van der Waals surface area contributed by atoms with Crippen molar-refractivity contribution in [2.45, 2.75) is 38.1 Å². The first-order valence-electron chi connectivity index (χ1n) is 8.43. The van der Waals surface area contributed by atoms with Crippen molar-refractivity contribution in [3.05, 3.63) is 59.5 Å². The van der Waals surface area contributed by atoms with Gasteiger partial charge in [-0.15, -0.1) is 0 Å². The van der Waals surface area contributed by atoms with Crippen LogP contribution in [0.2, 0.25) is 0 Å². The number of rotatable bonds is 6. The maximum Gasteiger partial charge on any atom is 0.213 e. The first kappa shape index (κ1) is 17.8. The van der Waals surface area contributed by atoms with Crippen LogP contribution in [0.4, 0.5) is 4.39 Å². The number of pyridine rings is 1. The SMILES string of the molecule is Cc1cccc(OCC2CC(NCc3ccc(F)cc3)C(O)C2O)n1. The highest BCUT2D eigenvalue weighted by Gasteiger charge is 2.41. The Morgan fingerprint density at radius 3 is 2.64 bits per heavy atom. The smallest absolute Gasteiger partial charge is 0.213 e. The summed E-state index contributed by atoms with van der Waals surface area (Å²) in [7, 11) is 0. The molecule has 0 aliphatic heterocycles. The van der Waals surface area contributed by atoms with Crippen molar-refractivity contribution >= 4 is 0 Å². The van der Waals surface area contributed by atoms with E-state index in [0.717, 1.165) is 11.3 Å². The van der Waals surface area contributed by atoms with E-state index in [0.29, 0.717) is 25.5 Å². The number of aromatic nitrogens is 1. The zero-order valence-corrected chi connectivity index (χ0v) is 14.1. The van der Waals surface area contributed by atoms with Gasteiger partial charge in [0.1, 0.15) is 5.82 Å². The van der Waals surface area contributed by atoms with Gasteiger partial charge in [0, 0.05) is 30.3 Å². The Labute approximate surface area is 146 Å². The van der Waals surface area contributed by atoms with Crippen LogP contribution < -0.4 is 10.1 Å². The summed E-state index contributed by atoms with van der Waals surface area (Å²) in [4.78, 5) is 4.27. The number of benzene rings is 1. The third-order valence-corrected chi connectivity index (χ3v) is 4.59. The average molecular weight is 346 g/mol. The molecule has 0 amide bonds. The third-order valence-electron chi connectivity index (χ3n) is 4.59. The summed E-state index contributed by atoms with van der Waals surface area (Å²) in [5, 5.41) is 23.7. The molecule has 3 N–H and O–H groups in total. The maximum atomic E-state index is 12.9. The summed E-state index contributed by atoms with van der Waals surface area (Å²) < 4.78 is 18.6. The molecule has 1 saturated carbocycles. The van der Waals surface area contributed by atoms with Crippen molar-refractivity contribution in [3.8, 4) is 5.88 Å². The van der Waals surface area contributed by atoms with E-state index >= 15 is 0 Å². The number of aliphatic hydroxyl groups excluding tert-OH is 2. The van der Waals surface area contributed by atoms with E-state index in [1.165, 1.54) is 12.1 Å². The van der Waals surface area contributed by atoms with E-state index in [-0.39, 0.29) is 17.8 Å². The van der Waals surface area contributed by atoms with Gasteiger partial charge in [-0.1, -0.05) is 18.2 Å². The molecule has 1 fully saturated rings. The first-order chi connectivity index (χ1) is 12.0. The summed E-state index contributed by atoms with van der Waals surface area (Å²) >= 11 is 0. The second kappa shape index (κ2) is 7.91. The van der Waals surface area contributed by atoms with Crippen molar-refractivity contribution in [1.82, 2.24) is 10.3 Å². The molecule has 25 heavy (non-hydrogen) atoms. The number of ether oxygens (including phenoxy) is 1. The van der Waals surface area contributed by atoms with Crippen LogP contribution in [-0.4, -0.2) is 40.1 Å². The summed E-state index contributed by atoms with van der Waals surface area (Å²) in [6.45, 7) is 2.68. The van der Waals surface area contributed by atoms with Crippen LogP contribution in [0.25, 0.3) is 0 Å². The molecule has 0 saturated heterocycles. The van der Waals surface area contributed by atoms with E-state index in [4.69, 9.17) is 4.74 Å². The van der Waals surface area contributed by atoms with E-state index in [9.17, 15) is 14.6 Å². The molecule has 1 aromatic carbocycles. The normalized spacial score (nSPS) is 25.9. The second-order valence-corrected chi connectivity index (χ2v) is 6.52. The fraction of sp³-hybridized carbons (Fsp3) is 0.421. The van der Waals surface area contributed by atoms with Crippen molar-refractivity contribution < 1.29 is 19.3 Å². The first-order valence-corrected chi connectivity index (χ1v) is 8.43. The molecule has 0 spiro atoms. The Morgan fingerprint density at radius 1 is 1.16 bits per heavy atom. The van der Waals surface area contributed by atoms with Gasteiger partial charge in [-0.25, -0.2) is 9.37 Å². The summed E-state index contributed by atoms with van der Waals surface area (Å²) in [6.07, 6.45) is -1.12. The number of hydrogen-bond donors (Lipinski definition) is 3. The van der Waals surface area contributed by atoms with Crippen LogP contribution in [0.3, 0.4) is 0 Å². The molecular weight excluding hydrogens is 323 g/mol. The monoisotopic (exact) mass is 346 g/mol. The van der Waals surface area contributed by atoms with Crippen LogP contribution in [0, 0.1) is 18.7 Å². The molecule has 0 radical (unpaired) electrons. The van der Waals surface area contributed by atoms with Crippen LogP contribution >= 0.6 is 0 Å². The minimum atomic E-state index is -0.862. The van der Waals surface area contributed by atoms with E-state index < -0.39 is 12.2 Å². The molecule has 1 aliphatic carbocycles. The Bertz CT molecular complexity index is 695. The van der Waals surface area contributed by atoms with Crippen molar-refractivity contribution in [2.75, 3.05) is 6.61 Å². The predicted molar refractivity (Wildman–Crippen MR) is 91.6 cm³/mol. The standard InChI is InChI=1S/C19H23FN2O3/c1-12-3-2-4-17(22-12)25-11-14-9-16(19(24)18(14)23)21-10-13-5-7-15(20)8-6-13/h2-8,14,16,18-19,21,23-24H,9-11H2,1H3. The third kappa shape index (κ3) is 4.54. The Balaban J connectivity index is 1.52. The molecule has 4 unspecified atom stereocenters. The molecule has 1 aliphatic rings. The molecular formula is C19H23FN2O3. The number of nitrogens with zero attached hydrogens (tertiary/aromatic N) is 1. The van der Waals surface area contributed by atoms with Gasteiger partial charge in [-0.3, -0.25) is 0 Å². The highest BCUT2D eigenvalue weighted by molar-refractivity contribution is 5.16. The summed E-state index contributed by atoms with van der Waals surface area (Å²) in [5.41, 5.74) is 1.79. The lowest BCUT2D eigenvalue weighted by Crippen LogP contribution is -2.39. The number of halogens is 1. The fourth-order valence-corrected chi connectivity index (χ4v) is 3.13. The Hall–Kier alpha value is -2.02. The van der Waals surface area contributed by atoms with Crippen molar-refractivity contribution in [3.63, 3.8) is 0 Å². The number of aliphatic hydroxyl groups is 2. The minimum absolute atomic E-state index is 0.178. The summed E-state index contributed by atoms with van der Waals surface area (Å²) in [5.74, 6) is 0.0643. The molecule has 3 rings (SSSR count). The molecule has 2 aromatic rings. The molecule has 1 heterocycles. The van der Waals surface area contributed by atoms with Gasteiger partial charge < -0.3 is 20.3 Å². The van der Waals surface area contributed by atoms with Gasteiger partial charge in [0.25, 0.3) is 0 Å². The summed E-state index contributed by atoms with van der Waals surface area (Å²) in [6, 6.07) is 11.5. The highest BCUT2D eigenvalue weighted by atomic mass is 19.1. The van der Waals surface area contributed by atoms with Crippen LogP contribution in [0.15, 0.2) is 42.5 Å². The number of aryl methyl sites for hydroxylation is 1. The Morgan fingerprint density at radius 2 is 1.92 bits per heavy atom. The molecule has 6 heteroatoms. The lowest BCUT2D eigenvalue weighted by atomic mass is 10.1. The zero-order valence-electron chi connectivity index (χ0n) is 14.1. The molecule has 4 atom stereocenters. The van der Waals surface area contributed by atoms with Gasteiger partial charge in [0.15, 0.2) is 0 Å². The topological polar surface area (TPSA) is 74.6 Å². The number of nitrogens with one attached hydrogen (secondary N) is 1. The van der Waals surface area contributed by atoms with E-state index in [1.807, 2.05) is 19.1 Å². The predicted octanol–water partition coefficient (Wildman–Crippen LogP) is 1.81. The van der Waals surface area contributed by atoms with Gasteiger partial charge in [-0.2, -0.15) is 0 Å². The van der Waals surface area contributed by atoms with Crippen LogP contribution in [0.5, 0.6) is 5.88 Å². The zero-order chi connectivity index (χ0) is 17.8. The second-order valence-electron chi connectivity index (χ2n) is 6.52. The largest absolute Gasteiger partial charge is 0.477 e. The lowest BCUT2D eigenvalue weighted by Gasteiger charge is -2.18. The van der Waals surface area contributed by atoms with E-state index in [2.05, 4.69) is 10.3 Å². The molecule has 134 valence electrons. The van der Waals surface area contributed by atoms with Gasteiger partial charge in [-0.05, 0) is 37.1 Å². The molecule has 5 nitrogen and oxygen atoms in total. The van der Waals surface area contributed by atoms with Crippen LogP contribution in [0.1, 0.15) is 17.7 Å². The fourth-order valence-electron chi connectivity index (χ4n) is 3.13. The quantitative estimate of drug-likeness (QED) is 0.744. The Kier molecular flexibility index (Phi) is 5.63. The van der Waals surface area contributed by atoms with E-state index in [1.54, 1.807) is 18.2 Å². The lowest BCUT2D eigenvalue weighted by molar-refractivity contribution is 0.00172. The van der Waals surface area contributed by atoms with Gasteiger partial charge >= 0.3 is 0 Å². The number of hydrogen-bond acceptors (Lipinski definition) is 5. The minimum Gasteiger partial charge on any atom is -0.477 e. The average Bonchev–Trinajstić information content (AvgIpc) is 2.87. The van der Waals surface area contributed by atoms with Crippen molar-refractivity contribution in [2.24, 2.45) is 5.92 Å². The maximum absolute atomic E-state index is 12.9. The molecule has 0 bridgehead atoms. The van der Waals surface area contributed by atoms with Crippen molar-refractivity contribution in [1.29, 1.82) is 0 Å². The molecule has 1 aromatic heterocycles.